The summed E-state index contributed by atoms with van der Waals surface area (Å²) in [6.45, 7) is 4.34. The second-order valence-electron chi connectivity index (χ2n) is 5.52. The highest BCUT2D eigenvalue weighted by molar-refractivity contribution is 7.89. The maximum Gasteiger partial charge on any atom is 0.257 e. The Hall–Kier alpha value is -0.880. The van der Waals surface area contributed by atoms with E-state index >= 15 is 0 Å². The molecular weight excluding hydrogens is 238 g/mol. The van der Waals surface area contributed by atoms with E-state index in [2.05, 4.69) is 23.7 Å². The SMILES string of the molecule is Cn1nccc1S(=O)(=O)NC1CCC(C)(C)C1. The molecule has 0 aromatic carbocycles. The molecule has 1 aliphatic rings. The number of sulfonamides is 1. The molecule has 2 rings (SSSR count). The molecule has 96 valence electrons. The molecule has 1 aromatic heterocycles. The summed E-state index contributed by atoms with van der Waals surface area (Å²) in [5, 5.41) is 4.11. The minimum absolute atomic E-state index is 0.0462. The van der Waals surface area contributed by atoms with E-state index in [0.29, 0.717) is 0 Å². The van der Waals surface area contributed by atoms with Crippen molar-refractivity contribution < 1.29 is 8.42 Å². The maximum atomic E-state index is 12.1. The average molecular weight is 257 g/mol. The molecule has 5 nitrogen and oxygen atoms in total. The summed E-state index contributed by atoms with van der Waals surface area (Å²) in [5.74, 6) is 0. The number of hydrogen-bond acceptors (Lipinski definition) is 3. The van der Waals surface area contributed by atoms with Gasteiger partial charge in [-0.2, -0.15) is 5.10 Å². The molecule has 0 bridgehead atoms. The van der Waals surface area contributed by atoms with Gasteiger partial charge in [-0.25, -0.2) is 13.1 Å². The van der Waals surface area contributed by atoms with Crippen LogP contribution in [-0.4, -0.2) is 24.2 Å². The third-order valence-corrected chi connectivity index (χ3v) is 4.94. The van der Waals surface area contributed by atoms with E-state index in [9.17, 15) is 8.42 Å². The van der Waals surface area contributed by atoms with Crippen molar-refractivity contribution in [3.63, 3.8) is 0 Å². The highest BCUT2D eigenvalue weighted by atomic mass is 32.2. The van der Waals surface area contributed by atoms with Crippen molar-refractivity contribution in [1.29, 1.82) is 0 Å². The number of rotatable bonds is 3. The molecule has 1 unspecified atom stereocenters. The van der Waals surface area contributed by atoms with Gasteiger partial charge in [0.25, 0.3) is 10.0 Å². The molecule has 0 spiro atoms. The molecule has 0 aliphatic heterocycles. The van der Waals surface area contributed by atoms with E-state index in [4.69, 9.17) is 0 Å². The van der Waals surface area contributed by atoms with Crippen LogP contribution >= 0.6 is 0 Å². The normalized spacial score (nSPS) is 24.1. The smallest absolute Gasteiger partial charge is 0.256 e. The van der Waals surface area contributed by atoms with Crippen molar-refractivity contribution in [2.45, 2.75) is 44.2 Å². The lowest BCUT2D eigenvalue weighted by atomic mass is 9.92. The summed E-state index contributed by atoms with van der Waals surface area (Å²) in [6.07, 6.45) is 4.35. The number of aromatic nitrogens is 2. The Bertz CT molecular complexity index is 505. The van der Waals surface area contributed by atoms with Gasteiger partial charge in [-0.05, 0) is 30.7 Å². The van der Waals surface area contributed by atoms with Gasteiger partial charge in [-0.3, -0.25) is 4.68 Å². The Labute approximate surface area is 102 Å². The van der Waals surface area contributed by atoms with Gasteiger partial charge in [-0.15, -0.1) is 0 Å². The zero-order valence-electron chi connectivity index (χ0n) is 10.5. The molecule has 1 saturated carbocycles. The molecule has 1 aliphatic carbocycles. The minimum atomic E-state index is -3.43. The first-order chi connectivity index (χ1) is 7.80. The van der Waals surface area contributed by atoms with Crippen LogP contribution in [0.1, 0.15) is 33.1 Å². The molecule has 0 saturated heterocycles. The fraction of sp³-hybridized carbons (Fsp3) is 0.727. The van der Waals surface area contributed by atoms with Crippen LogP contribution in [0.2, 0.25) is 0 Å². The fourth-order valence-corrected chi connectivity index (χ4v) is 3.84. The quantitative estimate of drug-likeness (QED) is 0.887. The van der Waals surface area contributed by atoms with Crippen LogP contribution < -0.4 is 4.72 Å². The largest absolute Gasteiger partial charge is 0.257 e. The molecule has 17 heavy (non-hydrogen) atoms. The summed E-state index contributed by atoms with van der Waals surface area (Å²) >= 11 is 0. The van der Waals surface area contributed by atoms with Gasteiger partial charge in [0.05, 0.1) is 6.20 Å². The van der Waals surface area contributed by atoms with Crippen LogP contribution in [0.5, 0.6) is 0 Å². The number of nitrogens with one attached hydrogen (secondary N) is 1. The zero-order chi connectivity index (χ0) is 12.7. The van der Waals surface area contributed by atoms with Gasteiger partial charge in [0.15, 0.2) is 5.03 Å². The van der Waals surface area contributed by atoms with Gasteiger partial charge in [0.2, 0.25) is 0 Å². The Kier molecular flexibility index (Phi) is 3.03. The summed E-state index contributed by atoms with van der Waals surface area (Å²) in [5.41, 5.74) is 0.236. The first-order valence-electron chi connectivity index (χ1n) is 5.80. The molecule has 0 radical (unpaired) electrons. The second-order valence-corrected chi connectivity index (χ2v) is 7.18. The zero-order valence-corrected chi connectivity index (χ0v) is 11.3. The molecule has 1 atom stereocenters. The van der Waals surface area contributed by atoms with E-state index in [1.165, 1.54) is 16.9 Å². The number of nitrogens with zero attached hydrogens (tertiary/aromatic N) is 2. The number of aryl methyl sites for hydroxylation is 1. The Morgan fingerprint density at radius 2 is 2.24 bits per heavy atom. The van der Waals surface area contributed by atoms with Gasteiger partial charge >= 0.3 is 0 Å². The van der Waals surface area contributed by atoms with Gasteiger partial charge < -0.3 is 0 Å². The van der Waals surface area contributed by atoms with Crippen molar-refractivity contribution in [2.75, 3.05) is 0 Å². The highest BCUT2D eigenvalue weighted by Gasteiger charge is 2.34. The maximum absolute atomic E-state index is 12.1. The van der Waals surface area contributed by atoms with E-state index in [1.807, 2.05) is 0 Å². The second kappa shape index (κ2) is 4.10. The Morgan fingerprint density at radius 3 is 2.71 bits per heavy atom. The lowest BCUT2D eigenvalue weighted by Gasteiger charge is -2.17. The molecule has 6 heteroatoms. The topological polar surface area (TPSA) is 64.0 Å². The first-order valence-corrected chi connectivity index (χ1v) is 7.29. The lowest BCUT2D eigenvalue weighted by Crippen LogP contribution is -2.34. The van der Waals surface area contributed by atoms with Crippen molar-refractivity contribution >= 4 is 10.0 Å². The van der Waals surface area contributed by atoms with Crippen molar-refractivity contribution in [3.8, 4) is 0 Å². The van der Waals surface area contributed by atoms with Crippen LogP contribution in [0.4, 0.5) is 0 Å². The van der Waals surface area contributed by atoms with Gasteiger partial charge in [0.1, 0.15) is 0 Å². The summed E-state index contributed by atoms with van der Waals surface area (Å²) < 4.78 is 28.4. The Morgan fingerprint density at radius 1 is 1.53 bits per heavy atom. The number of hydrogen-bond donors (Lipinski definition) is 1. The van der Waals surface area contributed by atoms with Gasteiger partial charge in [-0.1, -0.05) is 13.8 Å². The minimum Gasteiger partial charge on any atom is -0.256 e. The molecular formula is C11H19N3O2S. The molecule has 1 fully saturated rings. The van der Waals surface area contributed by atoms with E-state index in [-0.39, 0.29) is 16.5 Å². The molecule has 0 amide bonds. The average Bonchev–Trinajstić information content (AvgIpc) is 2.72. The van der Waals surface area contributed by atoms with Gasteiger partial charge in [0, 0.05) is 13.1 Å². The Balaban J connectivity index is 2.12. The van der Waals surface area contributed by atoms with Crippen LogP contribution in [0.15, 0.2) is 17.3 Å². The van der Waals surface area contributed by atoms with Crippen molar-refractivity contribution in [2.24, 2.45) is 12.5 Å². The van der Waals surface area contributed by atoms with Crippen molar-refractivity contribution in [3.05, 3.63) is 12.3 Å². The van der Waals surface area contributed by atoms with Crippen LogP contribution in [0.25, 0.3) is 0 Å². The van der Waals surface area contributed by atoms with Crippen LogP contribution in [0.3, 0.4) is 0 Å². The third kappa shape index (κ3) is 2.69. The predicted molar refractivity (Wildman–Crippen MR) is 64.9 cm³/mol. The van der Waals surface area contributed by atoms with E-state index in [1.54, 1.807) is 7.05 Å². The van der Waals surface area contributed by atoms with Crippen molar-refractivity contribution in [1.82, 2.24) is 14.5 Å². The fourth-order valence-electron chi connectivity index (χ4n) is 2.44. The lowest BCUT2D eigenvalue weighted by molar-refractivity contribution is 0.372. The summed E-state index contributed by atoms with van der Waals surface area (Å²) in [6, 6.07) is 1.56. The van der Waals surface area contributed by atoms with Crippen LogP contribution in [-0.2, 0) is 17.1 Å². The third-order valence-electron chi connectivity index (χ3n) is 3.34. The molecule has 1 N–H and O–H groups in total. The predicted octanol–water partition coefficient (Wildman–Crippen LogP) is 1.28. The van der Waals surface area contributed by atoms with E-state index in [0.717, 1.165) is 19.3 Å². The highest BCUT2D eigenvalue weighted by Crippen LogP contribution is 2.37. The monoisotopic (exact) mass is 257 g/mol. The summed E-state index contributed by atoms with van der Waals surface area (Å²) in [4.78, 5) is 0. The summed E-state index contributed by atoms with van der Waals surface area (Å²) in [7, 11) is -1.80. The molecule has 1 heterocycles. The van der Waals surface area contributed by atoms with E-state index < -0.39 is 10.0 Å². The molecule has 1 aromatic rings. The van der Waals surface area contributed by atoms with Crippen LogP contribution in [0, 0.1) is 5.41 Å². The standard InChI is InChI=1S/C11H19N3O2S/c1-11(2)6-4-9(8-11)13-17(15,16)10-5-7-12-14(10)3/h5,7,9,13H,4,6,8H2,1-3H3. The first kappa shape index (κ1) is 12.6.